The average molecular weight is 584 g/mol. The van der Waals surface area contributed by atoms with E-state index in [2.05, 4.69) is 5.32 Å². The van der Waals surface area contributed by atoms with Gasteiger partial charge in [0.05, 0.1) is 10.6 Å². The minimum Gasteiger partial charge on any atom is -0.350 e. The Hall–Kier alpha value is -3.36. The number of benzene rings is 3. The number of aryl methyl sites for hydroxylation is 1. The number of nitrogens with one attached hydrogen (secondary N) is 1. The normalized spacial score (nSPS) is 12.4. The molecule has 0 aliphatic carbocycles. The molecule has 214 valence electrons. The molecule has 0 heterocycles. The maximum atomic E-state index is 14.2. The van der Waals surface area contributed by atoms with Crippen molar-refractivity contribution < 1.29 is 18.0 Å². The van der Waals surface area contributed by atoms with Crippen LogP contribution in [0.25, 0.3) is 0 Å². The lowest BCUT2D eigenvalue weighted by atomic mass is 10.1. The molecule has 0 saturated heterocycles. The Bertz CT molecular complexity index is 1400. The summed E-state index contributed by atoms with van der Waals surface area (Å²) < 4.78 is 29.1. The summed E-state index contributed by atoms with van der Waals surface area (Å²) in [6.45, 7) is 9.03. The molecule has 1 atom stereocenters. The molecule has 3 aromatic rings. The molecule has 0 fully saturated rings. The van der Waals surface area contributed by atoms with E-state index in [1.807, 2.05) is 46.8 Å². The first-order valence-electron chi connectivity index (χ1n) is 13.4. The van der Waals surface area contributed by atoms with Gasteiger partial charge in [-0.2, -0.15) is 0 Å². The Morgan fingerprint density at radius 2 is 1.50 bits per heavy atom. The summed E-state index contributed by atoms with van der Waals surface area (Å²) in [5, 5.41) is 3.53. The minimum absolute atomic E-state index is 0.0791. The molecule has 2 amide bonds. The second-order valence-electron chi connectivity index (χ2n) is 10.6. The molecule has 0 radical (unpaired) electrons. The Morgan fingerprint density at radius 3 is 2.08 bits per heavy atom. The number of carbonyl (C=O) groups excluding carboxylic acids is 2. The molecule has 0 spiro atoms. The highest BCUT2D eigenvalue weighted by molar-refractivity contribution is 7.92. The molecule has 9 heteroatoms. The van der Waals surface area contributed by atoms with Gasteiger partial charge in [0.25, 0.3) is 10.0 Å². The zero-order valence-electron chi connectivity index (χ0n) is 23.7. The summed E-state index contributed by atoms with van der Waals surface area (Å²) in [6, 6.07) is 21.4. The predicted molar refractivity (Wildman–Crippen MR) is 161 cm³/mol. The van der Waals surface area contributed by atoms with Crippen LogP contribution >= 0.6 is 11.6 Å². The van der Waals surface area contributed by atoms with Crippen LogP contribution in [0.2, 0.25) is 5.02 Å². The van der Waals surface area contributed by atoms with E-state index in [0.717, 1.165) is 15.4 Å². The van der Waals surface area contributed by atoms with Gasteiger partial charge in [-0.05, 0) is 75.1 Å². The van der Waals surface area contributed by atoms with Crippen LogP contribution in [0.1, 0.15) is 52.2 Å². The highest BCUT2D eigenvalue weighted by atomic mass is 35.5. The molecule has 3 rings (SSSR count). The Labute approximate surface area is 243 Å². The van der Waals surface area contributed by atoms with Crippen molar-refractivity contribution in [1.82, 2.24) is 10.2 Å². The minimum atomic E-state index is -4.11. The number of anilines is 1. The largest absolute Gasteiger partial charge is 0.350 e. The fourth-order valence-electron chi connectivity index (χ4n) is 4.45. The lowest BCUT2D eigenvalue weighted by Crippen LogP contribution is -2.55. The first-order valence-corrected chi connectivity index (χ1v) is 15.2. The molecule has 7 nitrogen and oxygen atoms in total. The number of amides is 2. The van der Waals surface area contributed by atoms with E-state index in [-0.39, 0.29) is 17.3 Å². The number of hydrogen-bond acceptors (Lipinski definition) is 4. The van der Waals surface area contributed by atoms with Gasteiger partial charge in [-0.1, -0.05) is 74.0 Å². The maximum Gasteiger partial charge on any atom is 0.264 e. The van der Waals surface area contributed by atoms with Crippen LogP contribution in [0.15, 0.2) is 83.8 Å². The molecule has 3 aromatic carbocycles. The van der Waals surface area contributed by atoms with Crippen molar-refractivity contribution in [2.45, 2.75) is 70.5 Å². The van der Waals surface area contributed by atoms with Gasteiger partial charge in [0, 0.05) is 17.1 Å². The van der Waals surface area contributed by atoms with E-state index in [0.29, 0.717) is 23.6 Å². The number of rotatable bonds is 11. The van der Waals surface area contributed by atoms with E-state index in [1.165, 1.54) is 17.0 Å². The number of carbonyl (C=O) groups is 2. The molecule has 1 N–H and O–H groups in total. The number of sulfonamides is 1. The van der Waals surface area contributed by atoms with Crippen molar-refractivity contribution in [3.8, 4) is 0 Å². The van der Waals surface area contributed by atoms with Crippen LogP contribution in [0.5, 0.6) is 0 Å². The summed E-state index contributed by atoms with van der Waals surface area (Å²) in [5.74, 6) is -0.792. The van der Waals surface area contributed by atoms with Gasteiger partial charge in [0.1, 0.15) is 12.6 Å². The summed E-state index contributed by atoms with van der Waals surface area (Å²) in [7, 11) is -4.11. The standard InChI is InChI=1S/C31H38ClN3O4S/c1-6-24-13-11-12-16-28(24)35(40(38,39)26-14-9-8-10-15-26)22-29(36)34(21-23-17-19-25(32)20-18-23)27(7-2)30(37)33-31(3,4)5/h8-20,27H,6-7,21-22H2,1-5H3,(H,33,37)/t27-/m1/s1. The monoisotopic (exact) mass is 583 g/mol. The third-order valence-electron chi connectivity index (χ3n) is 6.40. The highest BCUT2D eigenvalue weighted by Gasteiger charge is 2.35. The second kappa shape index (κ2) is 13.3. The lowest BCUT2D eigenvalue weighted by Gasteiger charge is -2.35. The van der Waals surface area contributed by atoms with Gasteiger partial charge in [0.2, 0.25) is 11.8 Å². The molecule has 0 saturated carbocycles. The Kier molecular flexibility index (Phi) is 10.4. The predicted octanol–water partition coefficient (Wildman–Crippen LogP) is 5.82. The van der Waals surface area contributed by atoms with Crippen molar-refractivity contribution in [2.24, 2.45) is 0 Å². The van der Waals surface area contributed by atoms with Crippen molar-refractivity contribution in [1.29, 1.82) is 0 Å². The van der Waals surface area contributed by atoms with E-state index in [1.54, 1.807) is 54.6 Å². The number of halogens is 1. The van der Waals surface area contributed by atoms with Crippen molar-refractivity contribution >= 4 is 39.1 Å². The molecule has 0 unspecified atom stereocenters. The number of para-hydroxylation sites is 1. The summed E-state index contributed by atoms with van der Waals surface area (Å²) in [5.41, 5.74) is 1.48. The van der Waals surface area contributed by atoms with Gasteiger partial charge >= 0.3 is 0 Å². The van der Waals surface area contributed by atoms with Crippen LogP contribution in [0.3, 0.4) is 0 Å². The highest BCUT2D eigenvalue weighted by Crippen LogP contribution is 2.28. The molecule has 40 heavy (non-hydrogen) atoms. The molecular weight excluding hydrogens is 546 g/mol. The van der Waals surface area contributed by atoms with Gasteiger partial charge in [-0.3, -0.25) is 13.9 Å². The van der Waals surface area contributed by atoms with Crippen LogP contribution in [-0.4, -0.2) is 43.3 Å². The maximum absolute atomic E-state index is 14.2. The average Bonchev–Trinajstić information content (AvgIpc) is 2.92. The van der Waals surface area contributed by atoms with Crippen molar-refractivity contribution in [3.05, 3.63) is 95.0 Å². The molecule has 0 aliphatic heterocycles. The Balaban J connectivity index is 2.09. The summed E-state index contributed by atoms with van der Waals surface area (Å²) in [6.07, 6.45) is 0.920. The number of hydrogen-bond donors (Lipinski definition) is 1. The van der Waals surface area contributed by atoms with Gasteiger partial charge in [0.15, 0.2) is 0 Å². The van der Waals surface area contributed by atoms with Crippen molar-refractivity contribution in [2.75, 3.05) is 10.8 Å². The van der Waals surface area contributed by atoms with E-state index < -0.39 is 34.1 Å². The van der Waals surface area contributed by atoms with Gasteiger partial charge < -0.3 is 10.2 Å². The van der Waals surface area contributed by atoms with E-state index >= 15 is 0 Å². The van der Waals surface area contributed by atoms with Gasteiger partial charge in [-0.25, -0.2) is 8.42 Å². The van der Waals surface area contributed by atoms with E-state index in [9.17, 15) is 18.0 Å². The topological polar surface area (TPSA) is 86.8 Å². The first-order chi connectivity index (χ1) is 18.9. The molecule has 0 bridgehead atoms. The quantitative estimate of drug-likeness (QED) is 0.308. The smallest absolute Gasteiger partial charge is 0.264 e. The third kappa shape index (κ3) is 7.86. The zero-order chi connectivity index (χ0) is 29.5. The molecule has 0 aliphatic rings. The fraction of sp³-hybridized carbons (Fsp3) is 0.355. The van der Waals surface area contributed by atoms with Crippen LogP contribution in [-0.2, 0) is 32.6 Å². The fourth-order valence-corrected chi connectivity index (χ4v) is 6.04. The van der Waals surface area contributed by atoms with Crippen LogP contribution < -0.4 is 9.62 Å². The van der Waals surface area contributed by atoms with Gasteiger partial charge in [-0.15, -0.1) is 0 Å². The van der Waals surface area contributed by atoms with E-state index in [4.69, 9.17) is 11.6 Å². The third-order valence-corrected chi connectivity index (χ3v) is 8.43. The SMILES string of the molecule is CCc1ccccc1N(CC(=O)N(Cc1ccc(Cl)cc1)[C@H](CC)C(=O)NC(C)(C)C)S(=O)(=O)c1ccccc1. The second-order valence-corrected chi connectivity index (χ2v) is 12.9. The summed E-state index contributed by atoms with van der Waals surface area (Å²) in [4.78, 5) is 29.1. The lowest BCUT2D eigenvalue weighted by molar-refractivity contribution is -0.141. The van der Waals surface area contributed by atoms with Crippen LogP contribution in [0.4, 0.5) is 5.69 Å². The zero-order valence-corrected chi connectivity index (χ0v) is 25.3. The van der Waals surface area contributed by atoms with Crippen molar-refractivity contribution in [3.63, 3.8) is 0 Å². The van der Waals surface area contributed by atoms with Crippen LogP contribution in [0, 0.1) is 0 Å². The first kappa shape index (κ1) is 31.2. The molecule has 0 aromatic heterocycles. The Morgan fingerprint density at radius 1 is 0.900 bits per heavy atom. The summed E-state index contributed by atoms with van der Waals surface area (Å²) >= 11 is 6.08. The molecular formula is C31H38ClN3O4S. The number of nitrogens with zero attached hydrogens (tertiary/aromatic N) is 2.